The highest BCUT2D eigenvalue weighted by Crippen LogP contribution is 2.34. The van der Waals surface area contributed by atoms with Gasteiger partial charge in [0.1, 0.15) is 12.3 Å². The molecule has 29 heavy (non-hydrogen) atoms. The monoisotopic (exact) mass is 429 g/mol. The lowest BCUT2D eigenvalue weighted by Crippen LogP contribution is -2.59. The number of hydrogen-bond donors (Lipinski definition) is 2. The topological polar surface area (TPSA) is 115 Å². The molecule has 3 rings (SSSR count). The van der Waals surface area contributed by atoms with Gasteiger partial charge in [-0.05, 0) is 29.3 Å². The molecule has 2 atom stereocenters. The normalized spacial score (nSPS) is 23.7. The van der Waals surface area contributed by atoms with Gasteiger partial charge in [0, 0.05) is 0 Å². The van der Waals surface area contributed by atoms with Crippen molar-refractivity contribution in [3.63, 3.8) is 0 Å². The van der Waals surface area contributed by atoms with Crippen molar-refractivity contribution in [3.05, 3.63) is 59.7 Å². The van der Waals surface area contributed by atoms with E-state index in [-0.39, 0.29) is 16.7 Å². The summed E-state index contributed by atoms with van der Waals surface area (Å²) in [5, 5.41) is 8.60. The number of rotatable bonds is 3. The summed E-state index contributed by atoms with van der Waals surface area (Å²) in [6.45, 7) is -0.573. The molecule has 0 saturated carbocycles. The summed E-state index contributed by atoms with van der Waals surface area (Å²) in [6.07, 6.45) is -4.53. The molecular weight excluding hydrogens is 413 g/mol. The van der Waals surface area contributed by atoms with E-state index in [1.165, 1.54) is 24.3 Å². The first-order valence-corrected chi connectivity index (χ1v) is 10.0. The molecule has 0 spiro atoms. The van der Waals surface area contributed by atoms with Crippen LogP contribution in [0.3, 0.4) is 0 Å². The van der Waals surface area contributed by atoms with Crippen molar-refractivity contribution in [3.8, 4) is 11.1 Å². The predicted octanol–water partition coefficient (Wildman–Crippen LogP) is 1.96. The fourth-order valence-electron chi connectivity index (χ4n) is 3.33. The third-order valence-corrected chi connectivity index (χ3v) is 6.73. The molecule has 1 unspecified atom stereocenters. The Balaban J connectivity index is 2.08. The minimum Gasteiger partial charge on any atom is -0.363 e. The van der Waals surface area contributed by atoms with E-state index in [0.717, 1.165) is 24.3 Å². The zero-order valence-corrected chi connectivity index (χ0v) is 15.6. The summed E-state index contributed by atoms with van der Waals surface area (Å²) in [7, 11) is -4.14. The zero-order valence-electron chi connectivity index (χ0n) is 14.8. The maximum Gasteiger partial charge on any atom is 0.416 e. The molecule has 3 N–H and O–H groups in total. The Hall–Kier alpha value is -2.76. The highest BCUT2D eigenvalue weighted by atomic mass is 32.2. The van der Waals surface area contributed by atoms with Crippen molar-refractivity contribution in [2.45, 2.75) is 11.6 Å². The Bertz CT molecular complexity index is 1080. The lowest BCUT2D eigenvalue weighted by atomic mass is 9.97. The van der Waals surface area contributed by atoms with E-state index in [0.29, 0.717) is 0 Å². The quantitative estimate of drug-likeness (QED) is 0.572. The number of amides is 2. The van der Waals surface area contributed by atoms with Gasteiger partial charge in [-0.15, -0.1) is 0 Å². The first kappa shape index (κ1) is 21.0. The van der Waals surface area contributed by atoms with Crippen LogP contribution in [-0.4, -0.2) is 47.8 Å². The van der Waals surface area contributed by atoms with E-state index >= 15 is 0 Å². The number of hydroxylamine groups is 3. The molecule has 0 aliphatic carbocycles. The van der Waals surface area contributed by atoms with Crippen molar-refractivity contribution >= 4 is 21.7 Å². The van der Waals surface area contributed by atoms with Gasteiger partial charge in [-0.3, -0.25) is 4.79 Å². The lowest BCUT2D eigenvalue weighted by Gasteiger charge is -2.26. The van der Waals surface area contributed by atoms with Crippen molar-refractivity contribution in [2.75, 3.05) is 12.3 Å². The van der Waals surface area contributed by atoms with E-state index in [9.17, 15) is 36.4 Å². The van der Waals surface area contributed by atoms with Gasteiger partial charge >= 0.3 is 17.5 Å². The summed E-state index contributed by atoms with van der Waals surface area (Å²) in [5.74, 6) is -3.08. The maximum atomic E-state index is 13.1. The Morgan fingerprint density at radius 1 is 1.07 bits per heavy atom. The average molecular weight is 429 g/mol. The second-order valence-corrected chi connectivity index (χ2v) is 8.78. The van der Waals surface area contributed by atoms with Gasteiger partial charge in [0.2, 0.25) is 9.84 Å². The minimum atomic E-state index is -4.53. The second kappa shape index (κ2) is 6.94. The van der Waals surface area contributed by atoms with E-state index in [4.69, 9.17) is 5.73 Å². The number of nitrogens with zero attached hydrogens (tertiary/aromatic N) is 1. The van der Waals surface area contributed by atoms with Gasteiger partial charge < -0.3 is 5.73 Å². The molecule has 2 amide bonds. The molecular formula is C18H16F3N2O5S+. The van der Waals surface area contributed by atoms with Crippen LogP contribution in [0.25, 0.3) is 11.1 Å². The summed E-state index contributed by atoms with van der Waals surface area (Å²) >= 11 is 0. The molecule has 2 aromatic carbocycles. The highest BCUT2D eigenvalue weighted by molar-refractivity contribution is 7.92. The van der Waals surface area contributed by atoms with Crippen LogP contribution in [-0.2, 0) is 20.8 Å². The number of carbonyl (C=O) groups is 2. The Morgan fingerprint density at radius 3 is 2.21 bits per heavy atom. The van der Waals surface area contributed by atoms with Crippen molar-refractivity contribution in [1.82, 2.24) is 0 Å². The number of hydrogen-bond acceptors (Lipinski definition) is 5. The molecule has 0 aromatic heterocycles. The van der Waals surface area contributed by atoms with Crippen LogP contribution in [0.1, 0.15) is 15.9 Å². The van der Waals surface area contributed by atoms with Crippen LogP contribution in [0.15, 0.2) is 48.5 Å². The Labute approximate surface area is 163 Å². The molecule has 1 saturated heterocycles. The molecule has 0 bridgehead atoms. The smallest absolute Gasteiger partial charge is 0.363 e. The Kier molecular flexibility index (Phi) is 5.01. The lowest BCUT2D eigenvalue weighted by molar-refractivity contribution is -1.03. The van der Waals surface area contributed by atoms with Crippen LogP contribution in [0.5, 0.6) is 0 Å². The largest absolute Gasteiger partial charge is 0.416 e. The van der Waals surface area contributed by atoms with Crippen molar-refractivity contribution < 1.29 is 41.0 Å². The Morgan fingerprint density at radius 2 is 1.66 bits per heavy atom. The minimum absolute atomic E-state index is 0.155. The van der Waals surface area contributed by atoms with Gasteiger partial charge in [0.05, 0.1) is 11.1 Å². The van der Waals surface area contributed by atoms with E-state index in [1.807, 2.05) is 0 Å². The van der Waals surface area contributed by atoms with Gasteiger partial charge in [0.25, 0.3) is 5.91 Å². The zero-order chi connectivity index (χ0) is 21.6. The molecule has 2 aromatic rings. The summed E-state index contributed by atoms with van der Waals surface area (Å²) < 4.78 is 60.8. The molecule has 1 aliphatic heterocycles. The molecule has 0 radical (unpaired) electrons. The number of quaternary nitrogens is 1. The standard InChI is InChI=1S/C18H15F3N2O5S/c19-18(20,21)12-7-5-11(6-8-12)13-3-1-2-4-14(13)16(25)23(26)9-10-29(27,28)17(23)15(22)24/h1-8,17,26H,9-10H2,(H-,22,24)/p+1/t17?,23-/m0/s1. The number of nitrogens with two attached hydrogens (primary N) is 1. The molecule has 154 valence electrons. The first-order chi connectivity index (χ1) is 13.4. The maximum absolute atomic E-state index is 13.1. The number of benzene rings is 2. The van der Waals surface area contributed by atoms with Crippen LogP contribution >= 0.6 is 0 Å². The number of alkyl halides is 3. The molecule has 11 heteroatoms. The van der Waals surface area contributed by atoms with Gasteiger partial charge in [-0.25, -0.2) is 18.4 Å². The first-order valence-electron chi connectivity index (χ1n) is 8.31. The van der Waals surface area contributed by atoms with Gasteiger partial charge in [-0.2, -0.15) is 13.2 Å². The van der Waals surface area contributed by atoms with E-state index in [2.05, 4.69) is 0 Å². The summed E-state index contributed by atoms with van der Waals surface area (Å²) in [5.41, 5.74) is 4.50. The van der Waals surface area contributed by atoms with Gasteiger partial charge in [0.15, 0.2) is 0 Å². The van der Waals surface area contributed by atoms with Crippen LogP contribution in [0.4, 0.5) is 13.2 Å². The number of sulfone groups is 1. The van der Waals surface area contributed by atoms with Crippen molar-refractivity contribution in [1.29, 1.82) is 0 Å². The van der Waals surface area contributed by atoms with Crippen LogP contribution in [0.2, 0.25) is 0 Å². The number of halogens is 3. The second-order valence-electron chi connectivity index (χ2n) is 6.60. The SMILES string of the molecule is NC(=O)C1[N@@+](O)(C(=O)c2ccccc2-c2ccc(C(F)(F)F)cc2)CCS1(=O)=O. The molecule has 1 aliphatic rings. The van der Waals surface area contributed by atoms with Crippen LogP contribution < -0.4 is 5.73 Å². The molecule has 7 nitrogen and oxygen atoms in total. The third-order valence-electron chi connectivity index (χ3n) is 4.72. The number of primary amides is 1. The number of carbonyl (C=O) groups excluding carboxylic acids is 2. The highest BCUT2D eigenvalue weighted by Gasteiger charge is 2.61. The van der Waals surface area contributed by atoms with Crippen LogP contribution in [0, 0.1) is 0 Å². The average Bonchev–Trinajstić information content (AvgIpc) is 2.91. The summed E-state index contributed by atoms with van der Waals surface area (Å²) in [6, 6.07) is 9.68. The van der Waals surface area contributed by atoms with Gasteiger partial charge in [-0.1, -0.05) is 35.0 Å². The molecule has 1 fully saturated rings. The summed E-state index contributed by atoms with van der Waals surface area (Å²) in [4.78, 5) is 24.7. The fourth-order valence-corrected chi connectivity index (χ4v) is 5.17. The third kappa shape index (κ3) is 3.63. The molecule has 1 heterocycles. The van der Waals surface area contributed by atoms with E-state index < -0.39 is 55.7 Å². The van der Waals surface area contributed by atoms with E-state index in [1.54, 1.807) is 0 Å². The predicted molar refractivity (Wildman–Crippen MR) is 94.9 cm³/mol. The fraction of sp³-hybridized carbons (Fsp3) is 0.222. The van der Waals surface area contributed by atoms with Crippen molar-refractivity contribution in [2.24, 2.45) is 5.73 Å².